The number of hydrogen-bond acceptors (Lipinski definition) is 4. The van der Waals surface area contributed by atoms with Gasteiger partial charge < -0.3 is 15.3 Å². The summed E-state index contributed by atoms with van der Waals surface area (Å²) in [5, 5.41) is 16.0. The van der Waals surface area contributed by atoms with Gasteiger partial charge in [-0.1, -0.05) is 6.92 Å². The summed E-state index contributed by atoms with van der Waals surface area (Å²) in [6, 6.07) is -1.15. The van der Waals surface area contributed by atoms with Gasteiger partial charge in [0.1, 0.15) is 6.04 Å². The minimum atomic E-state index is -0.970. The smallest absolute Gasteiger partial charge is 0.327 e. The van der Waals surface area contributed by atoms with Crippen molar-refractivity contribution in [3.63, 3.8) is 0 Å². The predicted molar refractivity (Wildman–Crippen MR) is 72.2 cm³/mol. The van der Waals surface area contributed by atoms with Crippen LogP contribution in [0, 0.1) is 0 Å². The Labute approximate surface area is 115 Å². The molecule has 104 valence electrons. The van der Waals surface area contributed by atoms with Crippen LogP contribution in [0.25, 0.3) is 0 Å². The Hall–Kier alpha value is -1.70. The maximum atomic E-state index is 12.1. The van der Waals surface area contributed by atoms with Gasteiger partial charge in [0.25, 0.3) is 0 Å². The van der Waals surface area contributed by atoms with Crippen LogP contribution < -0.4 is 5.32 Å². The Morgan fingerprint density at radius 2 is 2.37 bits per heavy atom. The summed E-state index contributed by atoms with van der Waals surface area (Å²) in [5.41, 5.74) is 1.42. The van der Waals surface area contributed by atoms with Crippen LogP contribution in [0.4, 0.5) is 10.5 Å². The molecule has 1 saturated heterocycles. The van der Waals surface area contributed by atoms with Crippen molar-refractivity contribution in [2.75, 3.05) is 16.9 Å². The summed E-state index contributed by atoms with van der Waals surface area (Å²) in [5.74, 6) is -0.150. The lowest BCUT2D eigenvalue weighted by molar-refractivity contribution is -0.140. The number of carbonyl (C=O) groups excluding carboxylic acids is 1. The Kier molecular flexibility index (Phi) is 3.98. The number of carboxylic acid groups (broad SMARTS) is 1. The summed E-state index contributed by atoms with van der Waals surface area (Å²) in [7, 11) is 1.78. The van der Waals surface area contributed by atoms with Gasteiger partial charge >= 0.3 is 12.0 Å². The summed E-state index contributed by atoms with van der Waals surface area (Å²) in [6.45, 7) is 1.95. The van der Waals surface area contributed by atoms with Crippen molar-refractivity contribution in [2.45, 2.75) is 19.4 Å². The molecule has 0 radical (unpaired) electrons. The third-order valence-corrected chi connectivity index (χ3v) is 3.92. The Morgan fingerprint density at radius 1 is 1.63 bits per heavy atom. The minimum absolute atomic E-state index is 0.389. The molecule has 0 spiro atoms. The molecule has 1 fully saturated rings. The van der Waals surface area contributed by atoms with Crippen molar-refractivity contribution < 1.29 is 14.7 Å². The first-order valence-corrected chi connectivity index (χ1v) is 7.09. The van der Waals surface area contributed by atoms with E-state index in [1.165, 1.54) is 16.7 Å². The molecular weight excluding hydrogens is 268 g/mol. The number of nitrogens with one attached hydrogen (secondary N) is 1. The number of anilines is 1. The molecule has 1 aromatic heterocycles. The quantitative estimate of drug-likeness (QED) is 0.863. The van der Waals surface area contributed by atoms with Gasteiger partial charge in [-0.2, -0.15) is 5.10 Å². The summed E-state index contributed by atoms with van der Waals surface area (Å²) in [6.07, 6.45) is 2.42. The molecule has 1 atom stereocenters. The average Bonchev–Trinajstić information content (AvgIpc) is 2.95. The number of carbonyl (C=O) groups is 2. The second-order valence-electron chi connectivity index (χ2n) is 4.27. The van der Waals surface area contributed by atoms with Gasteiger partial charge in [0, 0.05) is 19.0 Å². The van der Waals surface area contributed by atoms with Gasteiger partial charge in [0.15, 0.2) is 0 Å². The number of thioether (sulfide) groups is 1. The maximum Gasteiger partial charge on any atom is 0.327 e. The van der Waals surface area contributed by atoms with Gasteiger partial charge in [-0.25, -0.2) is 9.59 Å². The van der Waals surface area contributed by atoms with Crippen molar-refractivity contribution in [1.82, 2.24) is 14.7 Å². The molecule has 1 aliphatic heterocycles. The van der Waals surface area contributed by atoms with E-state index in [2.05, 4.69) is 10.4 Å². The van der Waals surface area contributed by atoms with Crippen molar-refractivity contribution in [3.05, 3.63) is 11.9 Å². The zero-order chi connectivity index (χ0) is 14.0. The fourth-order valence-corrected chi connectivity index (χ4v) is 3.08. The number of aryl methyl sites for hydroxylation is 2. The molecule has 1 aliphatic rings. The highest BCUT2D eigenvalue weighted by Gasteiger charge is 2.34. The molecular formula is C11H16N4O3S. The van der Waals surface area contributed by atoms with Crippen LogP contribution >= 0.6 is 11.8 Å². The lowest BCUT2D eigenvalue weighted by atomic mass is 10.3. The zero-order valence-corrected chi connectivity index (χ0v) is 11.6. The number of aliphatic carboxylic acids is 1. The summed E-state index contributed by atoms with van der Waals surface area (Å²) < 4.78 is 1.63. The maximum absolute atomic E-state index is 12.1. The number of aromatic nitrogens is 2. The number of carboxylic acids is 1. The Balaban J connectivity index is 2.10. The molecule has 8 heteroatoms. The molecule has 0 bridgehead atoms. The topological polar surface area (TPSA) is 87.5 Å². The third-order valence-electron chi connectivity index (χ3n) is 2.91. The van der Waals surface area contributed by atoms with Gasteiger partial charge in [-0.15, -0.1) is 11.8 Å². The minimum Gasteiger partial charge on any atom is -0.480 e. The van der Waals surface area contributed by atoms with Gasteiger partial charge in [-0.05, 0) is 6.42 Å². The molecule has 7 nitrogen and oxygen atoms in total. The second-order valence-corrected chi connectivity index (χ2v) is 5.27. The monoisotopic (exact) mass is 284 g/mol. The molecule has 0 saturated carbocycles. The van der Waals surface area contributed by atoms with E-state index >= 15 is 0 Å². The SMILES string of the molecule is CCc1nn(C)cc1NC(=O)N1CSCC1C(=O)O. The van der Waals surface area contributed by atoms with Crippen LogP contribution in [0.15, 0.2) is 6.20 Å². The fraction of sp³-hybridized carbons (Fsp3) is 0.545. The highest BCUT2D eigenvalue weighted by atomic mass is 32.2. The average molecular weight is 284 g/mol. The van der Waals surface area contributed by atoms with Gasteiger partial charge in [0.05, 0.1) is 17.3 Å². The van der Waals surface area contributed by atoms with E-state index in [1.807, 2.05) is 6.92 Å². The molecule has 2 rings (SSSR count). The van der Waals surface area contributed by atoms with Crippen LogP contribution in [0.1, 0.15) is 12.6 Å². The van der Waals surface area contributed by atoms with E-state index in [9.17, 15) is 9.59 Å². The predicted octanol–water partition coefficient (Wildman–Crippen LogP) is 0.974. The van der Waals surface area contributed by atoms with Crippen LogP contribution in [0.5, 0.6) is 0 Å². The van der Waals surface area contributed by atoms with E-state index in [-0.39, 0.29) is 6.03 Å². The van der Waals surface area contributed by atoms with E-state index in [0.717, 1.165) is 5.69 Å². The highest BCUT2D eigenvalue weighted by Crippen LogP contribution is 2.23. The fourth-order valence-electron chi connectivity index (χ4n) is 1.93. The normalized spacial score (nSPS) is 18.6. The first-order chi connectivity index (χ1) is 9.02. The van der Waals surface area contributed by atoms with Crippen LogP contribution in [-0.4, -0.2) is 49.5 Å². The number of rotatable bonds is 3. The second kappa shape index (κ2) is 5.52. The molecule has 19 heavy (non-hydrogen) atoms. The molecule has 0 aromatic carbocycles. The molecule has 0 aliphatic carbocycles. The third kappa shape index (κ3) is 2.83. The molecule has 2 amide bonds. The first-order valence-electron chi connectivity index (χ1n) is 5.93. The van der Waals surface area contributed by atoms with Crippen molar-refractivity contribution in [1.29, 1.82) is 0 Å². The van der Waals surface area contributed by atoms with Crippen molar-refractivity contribution in [2.24, 2.45) is 7.05 Å². The van der Waals surface area contributed by atoms with E-state index in [1.54, 1.807) is 17.9 Å². The molecule has 2 N–H and O–H groups in total. The van der Waals surface area contributed by atoms with Crippen molar-refractivity contribution in [3.8, 4) is 0 Å². The van der Waals surface area contributed by atoms with Crippen LogP contribution in [0.3, 0.4) is 0 Å². The van der Waals surface area contributed by atoms with Gasteiger partial charge in [-0.3, -0.25) is 4.68 Å². The largest absolute Gasteiger partial charge is 0.480 e. The zero-order valence-electron chi connectivity index (χ0n) is 10.8. The Morgan fingerprint density at radius 3 is 3.00 bits per heavy atom. The number of hydrogen-bond donors (Lipinski definition) is 2. The Bertz CT molecular complexity index is 502. The highest BCUT2D eigenvalue weighted by molar-refractivity contribution is 7.99. The van der Waals surface area contributed by atoms with E-state index in [4.69, 9.17) is 5.11 Å². The van der Waals surface area contributed by atoms with Crippen LogP contribution in [0.2, 0.25) is 0 Å². The molecule has 1 aromatic rings. The molecule has 2 heterocycles. The lowest BCUT2D eigenvalue weighted by Crippen LogP contribution is -2.44. The number of urea groups is 1. The van der Waals surface area contributed by atoms with E-state index < -0.39 is 12.0 Å². The lowest BCUT2D eigenvalue weighted by Gasteiger charge is -2.20. The number of nitrogens with zero attached hydrogens (tertiary/aromatic N) is 3. The first kappa shape index (κ1) is 13.7. The van der Waals surface area contributed by atoms with E-state index in [0.29, 0.717) is 23.7 Å². The van der Waals surface area contributed by atoms with Crippen LogP contribution in [-0.2, 0) is 18.3 Å². The molecule has 1 unspecified atom stereocenters. The number of amides is 2. The standard InChI is InChI=1S/C11H16N4O3S/c1-3-7-8(4-14(2)13-7)12-11(18)15-6-19-5-9(15)10(16)17/h4,9H,3,5-6H2,1-2H3,(H,12,18)(H,16,17). The van der Waals surface area contributed by atoms with Gasteiger partial charge in [0.2, 0.25) is 0 Å². The van der Waals surface area contributed by atoms with Crippen molar-refractivity contribution >= 4 is 29.4 Å². The summed E-state index contributed by atoms with van der Waals surface area (Å²) >= 11 is 1.44. The summed E-state index contributed by atoms with van der Waals surface area (Å²) in [4.78, 5) is 24.5.